The van der Waals surface area contributed by atoms with Gasteiger partial charge in [-0.05, 0) is 39.2 Å². The van der Waals surface area contributed by atoms with Gasteiger partial charge < -0.3 is 9.74 Å². The summed E-state index contributed by atoms with van der Waals surface area (Å²) in [6, 6.07) is 0.689. The van der Waals surface area contributed by atoms with E-state index in [-0.39, 0.29) is 39.3 Å². The summed E-state index contributed by atoms with van der Waals surface area (Å²) < 4.78 is 48.6. The van der Waals surface area contributed by atoms with E-state index >= 15 is 0 Å². The quantitative estimate of drug-likeness (QED) is 0.297. The SMILES string of the molecule is CCN(C(=O)CCCCCO[N+](=O)[O-])[C@H]1CC(C)S(=O)(=O)c2sc(S(N)(=O)=O)cc21. The fraction of sp³-hybridized carbons (Fsp3) is 0.688. The molecule has 0 spiro atoms. The van der Waals surface area contributed by atoms with Crippen molar-refractivity contribution in [2.24, 2.45) is 5.14 Å². The molecule has 2 N–H and O–H groups in total. The van der Waals surface area contributed by atoms with Crippen molar-refractivity contribution in [3.05, 3.63) is 21.7 Å². The zero-order valence-electron chi connectivity index (χ0n) is 16.6. The van der Waals surface area contributed by atoms with Gasteiger partial charge in [0.05, 0.1) is 17.9 Å². The number of primary sulfonamides is 1. The molecule has 0 bridgehead atoms. The molecule has 1 aliphatic heterocycles. The van der Waals surface area contributed by atoms with Gasteiger partial charge in [0.1, 0.15) is 8.42 Å². The maximum absolute atomic E-state index is 12.8. The standard InChI is InChI=1S/C16H25N3O8S3/c1-3-18(14(20)7-5-4-6-8-27-19(21)22)13-9-11(2)29(23,24)16-12(13)10-15(28-16)30(17,25)26/h10-11,13H,3-9H2,1-2H3,(H2,17,25,26)/t11?,13-/m0/s1. The molecule has 170 valence electrons. The molecule has 1 amide bonds. The number of nitrogens with two attached hydrogens (primary N) is 1. The molecule has 1 aromatic rings. The maximum atomic E-state index is 12.8. The Morgan fingerprint density at radius 1 is 1.40 bits per heavy atom. The first kappa shape index (κ1) is 24.5. The molecule has 0 saturated heterocycles. The predicted molar refractivity (Wildman–Crippen MR) is 108 cm³/mol. The van der Waals surface area contributed by atoms with Crippen LogP contribution in [0.1, 0.15) is 57.6 Å². The third-order valence-corrected chi connectivity index (χ3v) is 10.3. The summed E-state index contributed by atoms with van der Waals surface area (Å²) >= 11 is 0.618. The van der Waals surface area contributed by atoms with Gasteiger partial charge in [-0.2, -0.15) is 0 Å². The van der Waals surface area contributed by atoms with Crippen LogP contribution in [0.3, 0.4) is 0 Å². The van der Waals surface area contributed by atoms with Crippen LogP contribution in [-0.2, 0) is 29.5 Å². The van der Waals surface area contributed by atoms with Crippen LogP contribution in [0.15, 0.2) is 14.5 Å². The summed E-state index contributed by atoms with van der Waals surface area (Å²) in [6.07, 6.45) is 1.84. The van der Waals surface area contributed by atoms with Gasteiger partial charge in [-0.15, -0.1) is 21.5 Å². The number of hydrogen-bond donors (Lipinski definition) is 1. The Labute approximate surface area is 179 Å². The lowest BCUT2D eigenvalue weighted by atomic mass is 10.0. The van der Waals surface area contributed by atoms with Crippen LogP contribution >= 0.6 is 11.3 Å². The van der Waals surface area contributed by atoms with Gasteiger partial charge in [0.25, 0.3) is 5.09 Å². The molecule has 1 aliphatic rings. The highest BCUT2D eigenvalue weighted by Crippen LogP contribution is 2.45. The Morgan fingerprint density at radius 2 is 2.07 bits per heavy atom. The highest BCUT2D eigenvalue weighted by atomic mass is 32.3. The fourth-order valence-electron chi connectivity index (χ4n) is 3.41. The molecule has 14 heteroatoms. The molecule has 0 saturated carbocycles. The molecule has 2 heterocycles. The van der Waals surface area contributed by atoms with E-state index in [4.69, 9.17) is 5.14 Å². The number of nitrogens with zero attached hydrogens (tertiary/aromatic N) is 2. The first-order valence-corrected chi connectivity index (χ1v) is 13.3. The van der Waals surface area contributed by atoms with Crippen LogP contribution in [0.2, 0.25) is 0 Å². The number of amides is 1. The minimum Gasteiger partial charge on any atom is -0.336 e. The van der Waals surface area contributed by atoms with Crippen LogP contribution in [0.4, 0.5) is 0 Å². The molecular weight excluding hydrogens is 458 g/mol. The molecule has 1 aromatic heterocycles. The van der Waals surface area contributed by atoms with E-state index in [9.17, 15) is 31.7 Å². The third kappa shape index (κ3) is 5.47. The van der Waals surface area contributed by atoms with E-state index in [1.54, 1.807) is 11.8 Å². The summed E-state index contributed by atoms with van der Waals surface area (Å²) in [5.41, 5.74) is 0.289. The lowest BCUT2D eigenvalue weighted by Crippen LogP contribution is -2.40. The van der Waals surface area contributed by atoms with Crippen molar-refractivity contribution in [2.75, 3.05) is 13.2 Å². The Bertz CT molecular complexity index is 1000. The summed E-state index contributed by atoms with van der Waals surface area (Å²) in [7, 11) is -7.78. The number of carbonyl (C=O) groups excluding carboxylic acids is 1. The smallest absolute Gasteiger partial charge is 0.294 e. The number of unbranched alkanes of at least 4 members (excludes halogenated alkanes) is 2. The number of fused-ring (bicyclic) bond motifs is 1. The van der Waals surface area contributed by atoms with Crippen LogP contribution in [0.25, 0.3) is 0 Å². The second kappa shape index (κ2) is 9.58. The van der Waals surface area contributed by atoms with E-state index in [1.807, 2.05) is 0 Å². The summed E-state index contributed by atoms with van der Waals surface area (Å²) in [6.45, 7) is 3.59. The number of thiophene rings is 1. The second-order valence-corrected chi connectivity index (χ2v) is 12.4. The summed E-state index contributed by atoms with van der Waals surface area (Å²) in [4.78, 5) is 28.7. The zero-order chi connectivity index (χ0) is 22.7. The first-order valence-electron chi connectivity index (χ1n) is 9.36. The molecular formula is C16H25N3O8S3. The van der Waals surface area contributed by atoms with Crippen molar-refractivity contribution in [1.82, 2.24) is 4.90 Å². The average molecular weight is 484 g/mol. The van der Waals surface area contributed by atoms with Gasteiger partial charge in [-0.25, -0.2) is 22.0 Å². The van der Waals surface area contributed by atoms with Gasteiger partial charge in [-0.1, -0.05) is 6.42 Å². The predicted octanol–water partition coefficient (Wildman–Crippen LogP) is 1.62. The van der Waals surface area contributed by atoms with Crippen molar-refractivity contribution >= 4 is 37.1 Å². The minimum absolute atomic E-state index is 0.0364. The number of hydrogen-bond acceptors (Lipinski definition) is 9. The Kier molecular flexibility index (Phi) is 7.82. The number of sulfone groups is 1. The molecule has 11 nitrogen and oxygen atoms in total. The van der Waals surface area contributed by atoms with Gasteiger partial charge in [0.15, 0.2) is 9.84 Å². The maximum Gasteiger partial charge on any atom is 0.294 e. The van der Waals surface area contributed by atoms with Crippen LogP contribution in [0.5, 0.6) is 0 Å². The van der Waals surface area contributed by atoms with Crippen molar-refractivity contribution in [1.29, 1.82) is 0 Å². The topological polar surface area (TPSA) is 167 Å². The van der Waals surface area contributed by atoms with Gasteiger partial charge >= 0.3 is 0 Å². The van der Waals surface area contributed by atoms with Crippen LogP contribution in [0, 0.1) is 10.1 Å². The monoisotopic (exact) mass is 483 g/mol. The van der Waals surface area contributed by atoms with Gasteiger partial charge in [0, 0.05) is 18.5 Å². The lowest BCUT2D eigenvalue weighted by molar-refractivity contribution is -0.757. The molecule has 0 aliphatic carbocycles. The molecule has 2 rings (SSSR count). The number of carbonyl (C=O) groups is 1. The van der Waals surface area contributed by atoms with E-state index in [1.165, 1.54) is 13.0 Å². The first-order chi connectivity index (χ1) is 13.9. The minimum atomic E-state index is -4.08. The Morgan fingerprint density at radius 3 is 2.63 bits per heavy atom. The molecule has 1 unspecified atom stereocenters. The Balaban J connectivity index is 2.19. The molecule has 0 radical (unpaired) electrons. The van der Waals surface area contributed by atoms with Gasteiger partial charge in [-0.3, -0.25) is 4.79 Å². The number of sulfonamides is 1. The van der Waals surface area contributed by atoms with Crippen LogP contribution in [-0.4, -0.2) is 51.1 Å². The van der Waals surface area contributed by atoms with Crippen molar-refractivity contribution in [3.63, 3.8) is 0 Å². The average Bonchev–Trinajstić information content (AvgIpc) is 3.10. The number of rotatable bonds is 10. The third-order valence-electron chi connectivity index (χ3n) is 4.95. The van der Waals surface area contributed by atoms with Gasteiger partial charge in [0.2, 0.25) is 15.9 Å². The normalized spacial score (nSPS) is 20.4. The highest BCUT2D eigenvalue weighted by molar-refractivity contribution is 7.95. The van der Waals surface area contributed by atoms with E-state index in [0.29, 0.717) is 37.1 Å². The molecule has 0 fully saturated rings. The molecule has 30 heavy (non-hydrogen) atoms. The Hall–Kier alpha value is -1.77. The summed E-state index contributed by atoms with van der Waals surface area (Å²) in [5, 5.41) is 13.7. The lowest BCUT2D eigenvalue weighted by Gasteiger charge is -2.36. The van der Waals surface area contributed by atoms with E-state index in [2.05, 4.69) is 4.84 Å². The van der Waals surface area contributed by atoms with Crippen LogP contribution < -0.4 is 5.14 Å². The fourth-order valence-corrected chi connectivity index (χ4v) is 7.81. The molecule has 2 atom stereocenters. The van der Waals surface area contributed by atoms with Crippen molar-refractivity contribution < 1.29 is 31.6 Å². The second-order valence-electron chi connectivity index (χ2n) is 7.01. The van der Waals surface area contributed by atoms with E-state index in [0.717, 1.165) is 0 Å². The van der Waals surface area contributed by atoms with E-state index < -0.39 is 36.2 Å². The molecule has 0 aromatic carbocycles. The summed E-state index contributed by atoms with van der Waals surface area (Å²) in [5.74, 6) is -0.196. The largest absolute Gasteiger partial charge is 0.336 e. The van der Waals surface area contributed by atoms with Crippen molar-refractivity contribution in [3.8, 4) is 0 Å². The highest BCUT2D eigenvalue weighted by Gasteiger charge is 2.42. The van der Waals surface area contributed by atoms with Crippen molar-refractivity contribution in [2.45, 2.75) is 65.7 Å². The zero-order valence-corrected chi connectivity index (χ0v) is 19.1.